The van der Waals surface area contributed by atoms with Gasteiger partial charge in [-0.05, 0) is 18.9 Å². The molecular formula is C19H17N3O8. The molecule has 0 unspecified atom stereocenters. The van der Waals surface area contributed by atoms with E-state index in [1.54, 1.807) is 0 Å². The van der Waals surface area contributed by atoms with Gasteiger partial charge in [-0.3, -0.25) is 29.8 Å². The summed E-state index contributed by atoms with van der Waals surface area (Å²) in [7, 11) is 2.79. The van der Waals surface area contributed by atoms with Crippen molar-refractivity contribution in [1.29, 1.82) is 0 Å². The van der Waals surface area contributed by atoms with Crippen LogP contribution >= 0.6 is 0 Å². The summed E-state index contributed by atoms with van der Waals surface area (Å²) in [6.45, 7) is 0. The molecule has 1 aliphatic rings. The van der Waals surface area contributed by atoms with Crippen LogP contribution in [0.5, 0.6) is 11.5 Å². The number of benzene rings is 2. The molecule has 0 aliphatic heterocycles. The summed E-state index contributed by atoms with van der Waals surface area (Å²) < 4.78 is 10.4. The van der Waals surface area contributed by atoms with Crippen LogP contribution in [0.2, 0.25) is 0 Å². The minimum absolute atomic E-state index is 0.115. The van der Waals surface area contributed by atoms with E-state index >= 15 is 0 Å². The van der Waals surface area contributed by atoms with Gasteiger partial charge in [0.25, 0.3) is 17.3 Å². The Morgan fingerprint density at radius 1 is 0.933 bits per heavy atom. The second-order valence-electron chi connectivity index (χ2n) is 6.60. The Labute approximate surface area is 169 Å². The summed E-state index contributed by atoms with van der Waals surface area (Å²) >= 11 is 0. The maximum absolute atomic E-state index is 12.7. The number of nitrogens with zero attached hydrogens (tertiary/aromatic N) is 2. The number of Topliss-reactive ketones (excluding diaryl/α,β-unsaturated/α-hetero) is 1. The van der Waals surface area contributed by atoms with E-state index in [-0.39, 0.29) is 34.3 Å². The molecular weight excluding hydrogens is 398 g/mol. The number of carbonyl (C=O) groups excluding carboxylic acids is 2. The minimum atomic E-state index is -0.848. The van der Waals surface area contributed by atoms with Crippen molar-refractivity contribution in [2.45, 2.75) is 12.8 Å². The Hall–Kier alpha value is -4.02. The summed E-state index contributed by atoms with van der Waals surface area (Å²) in [6, 6.07) is 5.45. The standard InChI is InChI=1S/C19H17N3O8/c1-29-16-8-14(18(23)10-3-4-10)15(9-17(16)30-2)20-19(24)11-5-12(21(25)26)7-13(6-11)22(27)28/h5-10H,3-4H2,1-2H3,(H,20,24). The number of amides is 1. The van der Waals surface area contributed by atoms with Gasteiger partial charge in [-0.15, -0.1) is 0 Å². The Kier molecular flexibility index (Phi) is 5.63. The van der Waals surface area contributed by atoms with Crippen LogP contribution in [-0.2, 0) is 0 Å². The first-order valence-corrected chi connectivity index (χ1v) is 8.80. The summed E-state index contributed by atoms with van der Waals surface area (Å²) in [5.41, 5.74) is -1.19. The summed E-state index contributed by atoms with van der Waals surface area (Å²) in [5.74, 6) is -0.636. The number of methoxy groups -OCH3 is 2. The Morgan fingerprint density at radius 2 is 1.47 bits per heavy atom. The van der Waals surface area contributed by atoms with Gasteiger partial charge in [-0.1, -0.05) is 0 Å². The molecule has 0 heterocycles. The highest BCUT2D eigenvalue weighted by molar-refractivity contribution is 6.11. The average Bonchev–Trinajstić information content (AvgIpc) is 3.57. The van der Waals surface area contributed by atoms with Gasteiger partial charge in [0.15, 0.2) is 17.3 Å². The van der Waals surface area contributed by atoms with E-state index in [0.717, 1.165) is 31.0 Å². The van der Waals surface area contributed by atoms with E-state index in [0.29, 0.717) is 5.75 Å². The fourth-order valence-electron chi connectivity index (χ4n) is 2.88. The van der Waals surface area contributed by atoms with Gasteiger partial charge >= 0.3 is 0 Å². The molecule has 156 valence electrons. The zero-order chi connectivity index (χ0) is 22.0. The second kappa shape index (κ2) is 8.15. The fourth-order valence-corrected chi connectivity index (χ4v) is 2.88. The highest BCUT2D eigenvalue weighted by Crippen LogP contribution is 2.39. The number of anilines is 1. The highest BCUT2D eigenvalue weighted by atomic mass is 16.6. The second-order valence-corrected chi connectivity index (χ2v) is 6.60. The van der Waals surface area contributed by atoms with Gasteiger partial charge in [0.1, 0.15) is 0 Å². The van der Waals surface area contributed by atoms with Gasteiger partial charge < -0.3 is 14.8 Å². The molecule has 0 saturated heterocycles. The average molecular weight is 415 g/mol. The lowest BCUT2D eigenvalue weighted by Crippen LogP contribution is -2.16. The first kappa shape index (κ1) is 20.7. The van der Waals surface area contributed by atoms with E-state index < -0.39 is 27.1 Å². The third-order valence-electron chi connectivity index (χ3n) is 4.57. The number of non-ortho nitro benzene ring substituents is 2. The zero-order valence-electron chi connectivity index (χ0n) is 16.0. The van der Waals surface area contributed by atoms with E-state index in [2.05, 4.69) is 5.32 Å². The minimum Gasteiger partial charge on any atom is -0.493 e. The number of nitro benzene ring substituents is 2. The molecule has 11 heteroatoms. The van der Waals surface area contributed by atoms with Crippen LogP contribution in [0.1, 0.15) is 33.6 Å². The van der Waals surface area contributed by atoms with Crippen molar-refractivity contribution in [2.24, 2.45) is 5.92 Å². The van der Waals surface area contributed by atoms with Crippen molar-refractivity contribution in [2.75, 3.05) is 19.5 Å². The Bertz CT molecular complexity index is 1030. The molecule has 1 amide bonds. The summed E-state index contributed by atoms with van der Waals surface area (Å²) in [4.78, 5) is 45.9. The van der Waals surface area contributed by atoms with E-state index in [1.165, 1.54) is 26.4 Å². The molecule has 0 radical (unpaired) electrons. The zero-order valence-corrected chi connectivity index (χ0v) is 16.0. The van der Waals surface area contributed by atoms with E-state index in [1.807, 2.05) is 0 Å². The number of hydrogen-bond donors (Lipinski definition) is 1. The topological polar surface area (TPSA) is 151 Å². The number of ether oxygens (including phenoxy) is 2. The van der Waals surface area contributed by atoms with Crippen molar-refractivity contribution < 1.29 is 28.9 Å². The first-order chi connectivity index (χ1) is 14.2. The molecule has 1 fully saturated rings. The van der Waals surface area contributed by atoms with Crippen LogP contribution < -0.4 is 14.8 Å². The molecule has 3 rings (SSSR count). The SMILES string of the molecule is COc1cc(NC(=O)c2cc([N+](=O)[O-])cc([N+](=O)[O-])c2)c(C(=O)C2CC2)cc1OC. The molecule has 0 aromatic heterocycles. The van der Waals surface area contributed by atoms with Crippen LogP contribution in [0, 0.1) is 26.1 Å². The molecule has 30 heavy (non-hydrogen) atoms. The van der Waals surface area contributed by atoms with Crippen LogP contribution in [0.4, 0.5) is 17.1 Å². The predicted molar refractivity (Wildman–Crippen MR) is 104 cm³/mol. The molecule has 1 N–H and O–H groups in total. The van der Waals surface area contributed by atoms with Crippen LogP contribution in [0.15, 0.2) is 30.3 Å². The van der Waals surface area contributed by atoms with Crippen LogP contribution in [-0.4, -0.2) is 35.8 Å². The molecule has 1 saturated carbocycles. The van der Waals surface area contributed by atoms with Crippen molar-refractivity contribution >= 4 is 28.8 Å². The summed E-state index contributed by atoms with van der Waals surface area (Å²) in [5, 5.41) is 24.6. The summed E-state index contributed by atoms with van der Waals surface area (Å²) in [6.07, 6.45) is 1.47. The number of ketones is 1. The van der Waals surface area contributed by atoms with Crippen molar-refractivity contribution in [3.8, 4) is 11.5 Å². The lowest BCUT2D eigenvalue weighted by Gasteiger charge is -2.15. The van der Waals surface area contributed by atoms with Crippen LogP contribution in [0.3, 0.4) is 0 Å². The van der Waals surface area contributed by atoms with Gasteiger partial charge in [-0.2, -0.15) is 0 Å². The number of hydrogen-bond acceptors (Lipinski definition) is 8. The predicted octanol–water partition coefficient (Wildman–Crippen LogP) is 3.37. The molecule has 1 aliphatic carbocycles. The molecule has 11 nitrogen and oxygen atoms in total. The molecule has 2 aromatic rings. The van der Waals surface area contributed by atoms with E-state index in [9.17, 15) is 29.8 Å². The van der Waals surface area contributed by atoms with Crippen molar-refractivity contribution in [3.63, 3.8) is 0 Å². The number of carbonyl (C=O) groups is 2. The van der Waals surface area contributed by atoms with Crippen molar-refractivity contribution in [3.05, 3.63) is 61.7 Å². The number of nitrogens with one attached hydrogen (secondary N) is 1. The largest absolute Gasteiger partial charge is 0.493 e. The third-order valence-corrected chi connectivity index (χ3v) is 4.57. The maximum atomic E-state index is 12.7. The number of nitro groups is 2. The maximum Gasteiger partial charge on any atom is 0.277 e. The van der Waals surface area contributed by atoms with Crippen molar-refractivity contribution in [1.82, 2.24) is 0 Å². The van der Waals surface area contributed by atoms with Gasteiger partial charge in [-0.25, -0.2) is 0 Å². The van der Waals surface area contributed by atoms with Gasteiger partial charge in [0, 0.05) is 29.7 Å². The van der Waals surface area contributed by atoms with E-state index in [4.69, 9.17) is 9.47 Å². The molecule has 0 bridgehead atoms. The lowest BCUT2D eigenvalue weighted by atomic mass is 10.0. The smallest absolute Gasteiger partial charge is 0.277 e. The monoisotopic (exact) mass is 415 g/mol. The van der Waals surface area contributed by atoms with Gasteiger partial charge in [0.05, 0.1) is 41.4 Å². The third kappa shape index (κ3) is 4.19. The first-order valence-electron chi connectivity index (χ1n) is 8.80. The molecule has 0 atom stereocenters. The fraction of sp³-hybridized carbons (Fsp3) is 0.263. The lowest BCUT2D eigenvalue weighted by molar-refractivity contribution is -0.394. The molecule has 2 aromatic carbocycles. The highest BCUT2D eigenvalue weighted by Gasteiger charge is 2.33. The molecule has 0 spiro atoms. The Morgan fingerprint density at radius 3 is 1.93 bits per heavy atom. The normalized spacial score (nSPS) is 12.7. The van der Waals surface area contributed by atoms with Gasteiger partial charge in [0.2, 0.25) is 0 Å². The quantitative estimate of drug-likeness (QED) is 0.391. The van der Waals surface area contributed by atoms with Crippen LogP contribution in [0.25, 0.3) is 0 Å². The number of rotatable bonds is 8. The Balaban J connectivity index is 2.03.